The predicted octanol–water partition coefficient (Wildman–Crippen LogP) is 5.69. The maximum atomic E-state index is 10.4. The number of benzene rings is 3. The van der Waals surface area contributed by atoms with Crippen molar-refractivity contribution in [1.82, 2.24) is 5.32 Å². The summed E-state index contributed by atoms with van der Waals surface area (Å²) >= 11 is 3.57. The molecule has 0 saturated carbocycles. The van der Waals surface area contributed by atoms with Gasteiger partial charge in [-0.1, -0.05) is 54.1 Å². The van der Waals surface area contributed by atoms with E-state index in [2.05, 4.69) is 52.4 Å². The van der Waals surface area contributed by atoms with Gasteiger partial charge in [-0.2, -0.15) is 0 Å². The summed E-state index contributed by atoms with van der Waals surface area (Å²) in [6.45, 7) is 2.08. The Balaban J connectivity index is 1.76. The van der Waals surface area contributed by atoms with Crippen molar-refractivity contribution >= 4 is 21.6 Å². The number of aliphatic imine (C=N–C) groups is 1. The maximum absolute atomic E-state index is 10.4. The lowest BCUT2D eigenvalue weighted by atomic mass is 9.93. The summed E-state index contributed by atoms with van der Waals surface area (Å²) in [5.41, 5.74) is 5.26. The van der Waals surface area contributed by atoms with Gasteiger partial charge in [-0.3, -0.25) is 10.3 Å². The molecule has 4 nitrogen and oxygen atoms in total. The van der Waals surface area contributed by atoms with Crippen LogP contribution in [0.4, 0.5) is 0 Å². The van der Waals surface area contributed by atoms with Crippen molar-refractivity contribution in [2.75, 3.05) is 7.11 Å². The van der Waals surface area contributed by atoms with Gasteiger partial charge < -0.3 is 9.84 Å². The molecular formula is C24H23BrN2O2. The van der Waals surface area contributed by atoms with Crippen molar-refractivity contribution in [2.45, 2.75) is 25.6 Å². The quantitative estimate of drug-likeness (QED) is 0.536. The third-order valence-electron chi connectivity index (χ3n) is 5.23. The first-order chi connectivity index (χ1) is 14.0. The zero-order valence-corrected chi connectivity index (χ0v) is 18.0. The molecule has 0 aliphatic carbocycles. The number of aryl methyl sites for hydroxylation is 1. The third kappa shape index (κ3) is 4.21. The number of aromatic hydroxyl groups is 1. The summed E-state index contributed by atoms with van der Waals surface area (Å²) in [6.07, 6.45) is 0.473. The number of ether oxygens (including phenoxy) is 1. The Morgan fingerprint density at radius 3 is 2.52 bits per heavy atom. The molecule has 5 heteroatoms. The number of nitrogens with zero attached hydrogens (tertiary/aromatic N) is 1. The highest BCUT2D eigenvalue weighted by atomic mass is 79.9. The number of hydrogen-bond donors (Lipinski definition) is 2. The molecule has 2 N–H and O–H groups in total. The van der Waals surface area contributed by atoms with Crippen LogP contribution in [0.5, 0.6) is 11.5 Å². The molecular weight excluding hydrogens is 428 g/mol. The Morgan fingerprint density at radius 2 is 1.83 bits per heavy atom. The molecule has 1 aliphatic rings. The van der Waals surface area contributed by atoms with Crippen LogP contribution in [-0.4, -0.2) is 17.9 Å². The number of phenols is 1. The molecule has 4 rings (SSSR count). The Hall–Kier alpha value is -2.63. The lowest BCUT2D eigenvalue weighted by Crippen LogP contribution is -2.33. The molecule has 29 heavy (non-hydrogen) atoms. The van der Waals surface area contributed by atoms with Gasteiger partial charge in [0.15, 0.2) is 0 Å². The second-order valence-electron chi connectivity index (χ2n) is 7.22. The van der Waals surface area contributed by atoms with E-state index in [-0.39, 0.29) is 12.2 Å². The largest absolute Gasteiger partial charge is 0.508 e. The fraction of sp³-hybridized carbons (Fsp3) is 0.208. The smallest absolute Gasteiger partial charge is 0.133 e. The molecule has 1 aliphatic heterocycles. The van der Waals surface area contributed by atoms with Gasteiger partial charge in [0.1, 0.15) is 17.7 Å². The molecule has 2 atom stereocenters. The monoisotopic (exact) mass is 450 g/mol. The van der Waals surface area contributed by atoms with E-state index in [9.17, 15) is 5.11 Å². The van der Waals surface area contributed by atoms with Crippen LogP contribution in [-0.2, 0) is 0 Å². The standard InChI is InChI=1S/C24H23BrN2O2/c1-15-7-9-16(10-8-15)20-14-21(18-5-3-4-6-22(18)28)27-24(26-20)17-11-12-23(29-2)19(25)13-17/h3-13,21,24,27-28H,14H2,1-2H3/t21-,24+/m0/s1. The van der Waals surface area contributed by atoms with Gasteiger partial charge in [-0.25, -0.2) is 0 Å². The van der Waals surface area contributed by atoms with Crippen LogP contribution in [0.3, 0.4) is 0 Å². The third-order valence-corrected chi connectivity index (χ3v) is 5.85. The minimum absolute atomic E-state index is 0.0455. The van der Waals surface area contributed by atoms with Crippen molar-refractivity contribution in [3.8, 4) is 11.5 Å². The number of hydrogen-bond acceptors (Lipinski definition) is 4. The van der Waals surface area contributed by atoms with Gasteiger partial charge in [0, 0.05) is 23.7 Å². The van der Waals surface area contributed by atoms with Crippen LogP contribution in [0.2, 0.25) is 0 Å². The van der Waals surface area contributed by atoms with Gasteiger partial charge in [0.25, 0.3) is 0 Å². The molecule has 0 bridgehead atoms. The number of para-hydroxylation sites is 1. The molecule has 148 valence electrons. The fourth-order valence-electron chi connectivity index (χ4n) is 3.63. The predicted molar refractivity (Wildman–Crippen MR) is 120 cm³/mol. The molecule has 0 spiro atoms. The summed E-state index contributed by atoms with van der Waals surface area (Å²) in [5, 5.41) is 14.0. The Bertz CT molecular complexity index is 1050. The highest BCUT2D eigenvalue weighted by Crippen LogP contribution is 2.36. The number of nitrogens with one attached hydrogen (secondary N) is 1. The van der Waals surface area contributed by atoms with Crippen molar-refractivity contribution in [1.29, 1.82) is 0 Å². The molecule has 3 aromatic rings. The minimum atomic E-state index is -0.230. The van der Waals surface area contributed by atoms with Crippen LogP contribution in [0, 0.1) is 6.92 Å². The average Bonchev–Trinajstić information content (AvgIpc) is 2.74. The van der Waals surface area contributed by atoms with Gasteiger partial charge >= 0.3 is 0 Å². The van der Waals surface area contributed by atoms with Crippen LogP contribution < -0.4 is 10.1 Å². The zero-order valence-electron chi connectivity index (χ0n) is 16.4. The highest BCUT2D eigenvalue weighted by Gasteiger charge is 2.27. The molecule has 3 aromatic carbocycles. The number of halogens is 1. The lowest BCUT2D eigenvalue weighted by molar-refractivity contribution is 0.406. The molecule has 0 saturated heterocycles. The second-order valence-corrected chi connectivity index (χ2v) is 8.07. The maximum Gasteiger partial charge on any atom is 0.133 e. The van der Waals surface area contributed by atoms with Gasteiger partial charge in [0.2, 0.25) is 0 Å². The van der Waals surface area contributed by atoms with Gasteiger partial charge in [-0.15, -0.1) is 0 Å². The highest BCUT2D eigenvalue weighted by molar-refractivity contribution is 9.10. The first kappa shape index (κ1) is 19.7. The number of phenolic OH excluding ortho intramolecular Hbond substituents is 1. The van der Waals surface area contributed by atoms with E-state index in [0.29, 0.717) is 12.2 Å². The van der Waals surface area contributed by atoms with Crippen molar-refractivity contribution < 1.29 is 9.84 Å². The molecule has 0 radical (unpaired) electrons. The molecule has 1 heterocycles. The van der Waals surface area contributed by atoms with Crippen molar-refractivity contribution in [2.24, 2.45) is 4.99 Å². The van der Waals surface area contributed by atoms with E-state index in [1.165, 1.54) is 5.56 Å². The normalized spacial score (nSPS) is 18.9. The Kier molecular flexibility index (Phi) is 5.69. The summed E-state index contributed by atoms with van der Waals surface area (Å²) in [6, 6.07) is 21.9. The fourth-order valence-corrected chi connectivity index (χ4v) is 4.19. The Morgan fingerprint density at radius 1 is 1.07 bits per heavy atom. The van der Waals surface area contributed by atoms with Crippen LogP contribution >= 0.6 is 15.9 Å². The first-order valence-electron chi connectivity index (χ1n) is 9.56. The van der Waals surface area contributed by atoms with Gasteiger partial charge in [0.05, 0.1) is 11.6 Å². The van der Waals surface area contributed by atoms with Crippen molar-refractivity contribution in [3.05, 3.63) is 93.5 Å². The van der Waals surface area contributed by atoms with E-state index in [0.717, 1.165) is 32.6 Å². The summed E-state index contributed by atoms with van der Waals surface area (Å²) < 4.78 is 6.24. The second kappa shape index (κ2) is 8.39. The molecule has 0 unspecified atom stereocenters. The average molecular weight is 451 g/mol. The van der Waals surface area contributed by atoms with Crippen LogP contribution in [0.1, 0.15) is 40.9 Å². The topological polar surface area (TPSA) is 53.9 Å². The summed E-state index contributed by atoms with van der Waals surface area (Å²) in [7, 11) is 1.65. The van der Waals surface area contributed by atoms with Crippen LogP contribution in [0.25, 0.3) is 0 Å². The summed E-state index contributed by atoms with van der Waals surface area (Å²) in [4.78, 5) is 5.02. The lowest BCUT2D eigenvalue weighted by Gasteiger charge is -2.31. The number of methoxy groups -OCH3 is 1. The van der Waals surface area contributed by atoms with E-state index in [1.807, 2.05) is 36.4 Å². The molecule has 0 aromatic heterocycles. The van der Waals surface area contributed by atoms with E-state index < -0.39 is 0 Å². The zero-order chi connectivity index (χ0) is 20.4. The summed E-state index contributed by atoms with van der Waals surface area (Å²) in [5.74, 6) is 1.08. The molecule has 0 fully saturated rings. The van der Waals surface area contributed by atoms with E-state index >= 15 is 0 Å². The van der Waals surface area contributed by atoms with Crippen LogP contribution in [0.15, 0.2) is 76.2 Å². The van der Waals surface area contributed by atoms with E-state index in [1.54, 1.807) is 13.2 Å². The Labute approximate surface area is 179 Å². The van der Waals surface area contributed by atoms with E-state index in [4.69, 9.17) is 9.73 Å². The minimum Gasteiger partial charge on any atom is -0.508 e. The SMILES string of the molecule is COc1ccc([C@@H]2N=C(c3ccc(C)cc3)C[C@@H](c3ccccc3O)N2)cc1Br. The molecule has 0 amide bonds. The first-order valence-corrected chi connectivity index (χ1v) is 10.4. The van der Waals surface area contributed by atoms with Gasteiger partial charge in [-0.05, 0) is 52.2 Å². The number of rotatable bonds is 4. The van der Waals surface area contributed by atoms with Crippen molar-refractivity contribution in [3.63, 3.8) is 0 Å².